The quantitative estimate of drug-likeness (QED) is 0.515. The number of carbonyl (C=O) groups excluding carboxylic acids is 2. The van der Waals surface area contributed by atoms with Crippen molar-refractivity contribution in [3.05, 3.63) is 60.7 Å². The Bertz CT molecular complexity index is 1070. The normalized spacial score (nSPS) is 28.2. The van der Waals surface area contributed by atoms with E-state index in [1.165, 1.54) is 21.8 Å². The molecule has 1 aromatic heterocycles. The summed E-state index contributed by atoms with van der Waals surface area (Å²) in [7, 11) is 0. The number of carbonyl (C=O) groups is 2. The highest BCUT2D eigenvalue weighted by molar-refractivity contribution is 6.08. The van der Waals surface area contributed by atoms with E-state index in [4.69, 9.17) is 0 Å². The van der Waals surface area contributed by atoms with Crippen molar-refractivity contribution in [3.8, 4) is 0 Å². The van der Waals surface area contributed by atoms with Crippen LogP contribution in [0.2, 0.25) is 0 Å². The number of nitrogens with zero attached hydrogens (tertiary/aromatic N) is 2. The highest BCUT2D eigenvalue weighted by Gasteiger charge is 2.58. The van der Waals surface area contributed by atoms with Gasteiger partial charge in [-0.3, -0.25) is 14.5 Å². The molecule has 2 amide bonds. The number of imide groups is 1. The summed E-state index contributed by atoms with van der Waals surface area (Å²) in [6.07, 6.45) is 6.07. The van der Waals surface area contributed by atoms with Crippen LogP contribution < -0.4 is 0 Å². The molecule has 4 heteroatoms. The van der Waals surface area contributed by atoms with E-state index in [2.05, 4.69) is 65.3 Å². The highest BCUT2D eigenvalue weighted by atomic mass is 16.2. The van der Waals surface area contributed by atoms with Crippen LogP contribution in [0.5, 0.6) is 0 Å². The van der Waals surface area contributed by atoms with Crippen LogP contribution in [0.4, 0.5) is 0 Å². The zero-order valence-corrected chi connectivity index (χ0v) is 15.6. The Balaban J connectivity index is 1.25. The fraction of sp³-hybridized carbons (Fsp3) is 0.333. The van der Waals surface area contributed by atoms with Crippen LogP contribution in [-0.2, 0) is 16.1 Å². The molecule has 1 aliphatic heterocycles. The van der Waals surface area contributed by atoms with Crippen molar-refractivity contribution < 1.29 is 9.59 Å². The number of para-hydroxylation sites is 2. The molecule has 2 aromatic carbocycles. The number of aromatic nitrogens is 1. The number of benzene rings is 2. The van der Waals surface area contributed by atoms with Crippen LogP contribution in [0.1, 0.15) is 12.8 Å². The standard InChI is InChI=1S/C24H22N2O2/c27-23-21-15-10-11-16(14-15)22(21)24(28)26(23)13-5-12-25-19-8-3-1-6-17(19)18-7-2-4-9-20(18)25/h1-4,6-11,15-16,21-22H,5,12-14H2. The summed E-state index contributed by atoms with van der Waals surface area (Å²) in [6, 6.07) is 16.9. The van der Waals surface area contributed by atoms with Crippen LogP contribution >= 0.6 is 0 Å². The first-order valence-electron chi connectivity index (χ1n) is 10.2. The summed E-state index contributed by atoms with van der Waals surface area (Å²) in [5, 5.41) is 2.51. The summed E-state index contributed by atoms with van der Waals surface area (Å²) >= 11 is 0. The van der Waals surface area contributed by atoms with Gasteiger partial charge in [-0.15, -0.1) is 0 Å². The van der Waals surface area contributed by atoms with Gasteiger partial charge in [0.15, 0.2) is 0 Å². The maximum Gasteiger partial charge on any atom is 0.233 e. The molecule has 3 aromatic rings. The molecule has 1 saturated carbocycles. The lowest BCUT2D eigenvalue weighted by atomic mass is 9.85. The van der Waals surface area contributed by atoms with Gasteiger partial charge in [-0.25, -0.2) is 0 Å². The molecule has 2 fully saturated rings. The summed E-state index contributed by atoms with van der Waals surface area (Å²) in [4.78, 5) is 27.3. The second kappa shape index (κ2) is 5.81. The minimum Gasteiger partial charge on any atom is -0.340 e. The lowest BCUT2D eigenvalue weighted by Gasteiger charge is -2.17. The Morgan fingerprint density at radius 1 is 0.750 bits per heavy atom. The van der Waals surface area contributed by atoms with E-state index < -0.39 is 0 Å². The fourth-order valence-electron chi connectivity index (χ4n) is 5.82. The molecule has 3 aliphatic rings. The first-order chi connectivity index (χ1) is 13.7. The second-order valence-electron chi connectivity index (χ2n) is 8.37. The number of fused-ring (bicyclic) bond motifs is 8. The molecule has 2 bridgehead atoms. The zero-order valence-electron chi connectivity index (χ0n) is 15.6. The van der Waals surface area contributed by atoms with E-state index in [-0.39, 0.29) is 35.5 Å². The monoisotopic (exact) mass is 370 g/mol. The van der Waals surface area contributed by atoms with Crippen molar-refractivity contribution in [3.63, 3.8) is 0 Å². The summed E-state index contributed by atoms with van der Waals surface area (Å²) in [5.74, 6) is 0.525. The van der Waals surface area contributed by atoms with Crippen molar-refractivity contribution in [1.29, 1.82) is 0 Å². The number of hydrogen-bond donors (Lipinski definition) is 0. The number of rotatable bonds is 4. The molecule has 2 heterocycles. The van der Waals surface area contributed by atoms with Crippen molar-refractivity contribution in [2.45, 2.75) is 19.4 Å². The van der Waals surface area contributed by atoms with Gasteiger partial charge in [-0.2, -0.15) is 0 Å². The third-order valence-corrected chi connectivity index (χ3v) is 7.00. The molecule has 4 atom stereocenters. The molecule has 0 radical (unpaired) electrons. The molecule has 1 saturated heterocycles. The topological polar surface area (TPSA) is 42.3 Å². The molecular weight excluding hydrogens is 348 g/mol. The van der Waals surface area contributed by atoms with E-state index in [9.17, 15) is 9.59 Å². The molecule has 28 heavy (non-hydrogen) atoms. The molecule has 0 N–H and O–H groups in total. The first kappa shape index (κ1) is 16.1. The maximum absolute atomic E-state index is 12.9. The lowest BCUT2D eigenvalue weighted by molar-refractivity contribution is -0.140. The third kappa shape index (κ3) is 2.06. The number of allylic oxidation sites excluding steroid dienone is 2. The van der Waals surface area contributed by atoms with Crippen LogP contribution in [0.25, 0.3) is 21.8 Å². The molecular formula is C24H22N2O2. The third-order valence-electron chi connectivity index (χ3n) is 7.00. The molecule has 2 aliphatic carbocycles. The number of likely N-dealkylation sites (tertiary alicyclic amines) is 1. The molecule has 0 spiro atoms. The van der Waals surface area contributed by atoms with Gasteiger partial charge in [0.2, 0.25) is 11.8 Å². The van der Waals surface area contributed by atoms with Crippen LogP contribution in [0.3, 0.4) is 0 Å². The Kier molecular flexibility index (Phi) is 3.34. The first-order valence-corrected chi connectivity index (χ1v) is 10.2. The smallest absolute Gasteiger partial charge is 0.233 e. The number of amides is 2. The molecule has 140 valence electrons. The van der Waals surface area contributed by atoms with E-state index in [1.807, 2.05) is 0 Å². The van der Waals surface area contributed by atoms with E-state index in [1.54, 1.807) is 4.90 Å². The zero-order chi connectivity index (χ0) is 18.8. The Labute approximate surface area is 163 Å². The summed E-state index contributed by atoms with van der Waals surface area (Å²) < 4.78 is 2.32. The van der Waals surface area contributed by atoms with Crippen molar-refractivity contribution >= 4 is 33.6 Å². The van der Waals surface area contributed by atoms with Gasteiger partial charge in [0.25, 0.3) is 0 Å². The Morgan fingerprint density at radius 3 is 1.86 bits per heavy atom. The lowest BCUT2D eigenvalue weighted by Crippen LogP contribution is -2.34. The van der Waals surface area contributed by atoms with Crippen LogP contribution in [0.15, 0.2) is 60.7 Å². The van der Waals surface area contributed by atoms with Crippen molar-refractivity contribution in [2.75, 3.05) is 6.54 Å². The van der Waals surface area contributed by atoms with Gasteiger partial charge in [0.1, 0.15) is 0 Å². The van der Waals surface area contributed by atoms with Gasteiger partial charge < -0.3 is 4.57 Å². The predicted octanol–water partition coefficient (Wildman–Crippen LogP) is 3.99. The van der Waals surface area contributed by atoms with E-state index >= 15 is 0 Å². The largest absolute Gasteiger partial charge is 0.340 e. The van der Waals surface area contributed by atoms with E-state index in [0.717, 1.165) is 19.4 Å². The van der Waals surface area contributed by atoms with Gasteiger partial charge in [-0.05, 0) is 36.8 Å². The molecule has 6 rings (SSSR count). The van der Waals surface area contributed by atoms with Crippen LogP contribution in [0, 0.1) is 23.7 Å². The SMILES string of the molecule is O=C1C2C3C=CC(C3)C2C(=O)N1CCCn1c2ccccc2c2ccccc21. The average molecular weight is 370 g/mol. The minimum absolute atomic E-state index is 0.0640. The molecule has 4 nitrogen and oxygen atoms in total. The van der Waals surface area contributed by atoms with Crippen molar-refractivity contribution in [1.82, 2.24) is 9.47 Å². The summed E-state index contributed by atoms with van der Waals surface area (Å²) in [6.45, 7) is 1.32. The van der Waals surface area contributed by atoms with Gasteiger partial charge >= 0.3 is 0 Å². The average Bonchev–Trinajstić information content (AvgIpc) is 3.46. The Morgan fingerprint density at radius 2 is 1.29 bits per heavy atom. The van der Waals surface area contributed by atoms with Gasteiger partial charge in [0.05, 0.1) is 11.8 Å². The fourth-order valence-corrected chi connectivity index (χ4v) is 5.82. The van der Waals surface area contributed by atoms with Gasteiger partial charge in [-0.1, -0.05) is 48.6 Å². The number of aryl methyl sites for hydroxylation is 1. The maximum atomic E-state index is 12.9. The summed E-state index contributed by atoms with van der Waals surface area (Å²) in [5.41, 5.74) is 2.42. The van der Waals surface area contributed by atoms with Crippen LogP contribution in [-0.4, -0.2) is 27.8 Å². The second-order valence-corrected chi connectivity index (χ2v) is 8.37. The minimum atomic E-state index is -0.0873. The Hall–Kier alpha value is -2.88. The highest BCUT2D eigenvalue weighted by Crippen LogP contribution is 2.52. The van der Waals surface area contributed by atoms with E-state index in [0.29, 0.717) is 6.54 Å². The van der Waals surface area contributed by atoms with Gasteiger partial charge in [0, 0.05) is 34.9 Å². The number of hydrogen-bond acceptors (Lipinski definition) is 2. The van der Waals surface area contributed by atoms with Crippen molar-refractivity contribution in [2.24, 2.45) is 23.7 Å². The molecule has 4 unspecified atom stereocenters. The predicted molar refractivity (Wildman–Crippen MR) is 108 cm³/mol.